The van der Waals surface area contributed by atoms with Gasteiger partial charge in [-0.1, -0.05) is 20.8 Å². The number of carboxylic acid groups (broad SMARTS) is 1. The van der Waals surface area contributed by atoms with Crippen molar-refractivity contribution >= 4 is 14.4 Å². The van der Waals surface area contributed by atoms with Crippen molar-refractivity contribution in [3.05, 3.63) is 0 Å². The lowest BCUT2D eigenvalue weighted by Gasteiger charge is -2.38. The molecule has 17 heavy (non-hydrogen) atoms. The first kappa shape index (κ1) is 14.5. The molecule has 0 saturated heterocycles. The van der Waals surface area contributed by atoms with Gasteiger partial charge in [0.05, 0.1) is 0 Å². The predicted octanol–water partition coefficient (Wildman–Crippen LogP) is 3.20. The lowest BCUT2D eigenvalue weighted by molar-refractivity contribution is 0.177. The Kier molecular flexibility index (Phi) is 4.25. The van der Waals surface area contributed by atoms with Gasteiger partial charge in [-0.3, -0.25) is 0 Å². The Morgan fingerprint density at radius 1 is 1.35 bits per heavy atom. The zero-order valence-corrected chi connectivity index (χ0v) is 12.5. The summed E-state index contributed by atoms with van der Waals surface area (Å²) in [6.07, 6.45) is 1.98. The van der Waals surface area contributed by atoms with Crippen LogP contribution in [0.1, 0.15) is 40.0 Å². The molecule has 0 radical (unpaired) electrons. The molecule has 5 heteroatoms. The lowest BCUT2D eigenvalue weighted by atomic mass is 10.2. The van der Waals surface area contributed by atoms with Gasteiger partial charge in [0.2, 0.25) is 0 Å². The van der Waals surface area contributed by atoms with Gasteiger partial charge in [-0.25, -0.2) is 4.79 Å². The highest BCUT2D eigenvalue weighted by Gasteiger charge is 2.40. The molecule has 2 atom stereocenters. The minimum absolute atomic E-state index is 0.0715. The van der Waals surface area contributed by atoms with Gasteiger partial charge in [-0.2, -0.15) is 0 Å². The Labute approximate surface area is 105 Å². The molecule has 1 saturated carbocycles. The molecule has 0 aliphatic heterocycles. The molecule has 4 nitrogen and oxygen atoms in total. The quantitative estimate of drug-likeness (QED) is 0.765. The predicted molar refractivity (Wildman–Crippen MR) is 70.9 cm³/mol. The third kappa shape index (κ3) is 3.99. The molecule has 1 rings (SSSR count). The Morgan fingerprint density at radius 3 is 2.41 bits per heavy atom. The normalized spacial score (nSPS) is 25.9. The van der Waals surface area contributed by atoms with Gasteiger partial charge >= 0.3 is 6.09 Å². The Hall–Kier alpha value is -0.553. The van der Waals surface area contributed by atoms with Crippen molar-refractivity contribution in [1.82, 2.24) is 5.32 Å². The second-order valence-electron chi connectivity index (χ2n) is 6.46. The summed E-state index contributed by atoms with van der Waals surface area (Å²) < 4.78 is 6.28. The summed E-state index contributed by atoms with van der Waals surface area (Å²) in [5, 5.41) is 11.4. The molecule has 0 spiro atoms. The highest BCUT2D eigenvalue weighted by molar-refractivity contribution is 6.74. The van der Waals surface area contributed by atoms with Crippen LogP contribution in [0.3, 0.4) is 0 Å². The number of hydrogen-bond donors (Lipinski definition) is 2. The van der Waals surface area contributed by atoms with Crippen molar-refractivity contribution in [2.75, 3.05) is 0 Å². The molecule has 0 aromatic heterocycles. The smallest absolute Gasteiger partial charge is 0.404 e. The fourth-order valence-electron chi connectivity index (χ4n) is 1.95. The van der Waals surface area contributed by atoms with Crippen molar-refractivity contribution < 1.29 is 14.3 Å². The standard InChI is InChI=1S/C12H25NO3Si/c1-12(2,3)17(4,5)16-10-7-6-9(8-10)13-11(14)15/h9-10,13H,6-8H2,1-5H3,(H,14,15)/t9-,10-/m1/s1. The molecule has 0 aromatic rings. The van der Waals surface area contributed by atoms with Crippen molar-refractivity contribution in [2.45, 2.75) is 70.3 Å². The number of rotatable bonds is 3. The van der Waals surface area contributed by atoms with Crippen LogP contribution in [0.4, 0.5) is 4.79 Å². The van der Waals surface area contributed by atoms with E-state index in [0.717, 1.165) is 19.3 Å². The van der Waals surface area contributed by atoms with Crippen LogP contribution in [-0.2, 0) is 4.43 Å². The third-order valence-electron chi connectivity index (χ3n) is 3.98. The molecule has 0 bridgehead atoms. The van der Waals surface area contributed by atoms with E-state index in [-0.39, 0.29) is 17.2 Å². The summed E-state index contributed by atoms with van der Waals surface area (Å²) in [6, 6.07) is 0.0715. The molecule has 100 valence electrons. The molecule has 1 aliphatic rings. The second-order valence-corrected chi connectivity index (χ2v) is 11.2. The Bertz CT molecular complexity index is 286. The number of hydrogen-bond acceptors (Lipinski definition) is 2. The summed E-state index contributed by atoms with van der Waals surface area (Å²) in [6.45, 7) is 11.2. The van der Waals surface area contributed by atoms with E-state index in [0.29, 0.717) is 0 Å². The average Bonchev–Trinajstić information content (AvgIpc) is 2.48. The van der Waals surface area contributed by atoms with E-state index >= 15 is 0 Å². The minimum Gasteiger partial charge on any atom is -0.465 e. The van der Waals surface area contributed by atoms with E-state index in [1.54, 1.807) is 0 Å². The maximum absolute atomic E-state index is 10.6. The average molecular weight is 259 g/mol. The maximum Gasteiger partial charge on any atom is 0.404 e. The van der Waals surface area contributed by atoms with Crippen LogP contribution in [0.5, 0.6) is 0 Å². The summed E-state index contributed by atoms with van der Waals surface area (Å²) in [4.78, 5) is 10.6. The van der Waals surface area contributed by atoms with Crippen LogP contribution >= 0.6 is 0 Å². The largest absolute Gasteiger partial charge is 0.465 e. The van der Waals surface area contributed by atoms with Crippen LogP contribution in [0.2, 0.25) is 18.1 Å². The van der Waals surface area contributed by atoms with Crippen LogP contribution in [0, 0.1) is 0 Å². The molecule has 2 N–H and O–H groups in total. The Morgan fingerprint density at radius 2 is 1.94 bits per heavy atom. The Balaban J connectivity index is 2.48. The van der Waals surface area contributed by atoms with Crippen molar-refractivity contribution in [1.29, 1.82) is 0 Å². The number of carbonyl (C=O) groups is 1. The summed E-state index contributed by atoms with van der Waals surface area (Å²) in [7, 11) is -1.71. The second kappa shape index (κ2) is 4.98. The molecule has 0 unspecified atom stereocenters. The van der Waals surface area contributed by atoms with E-state index < -0.39 is 14.4 Å². The van der Waals surface area contributed by atoms with Crippen LogP contribution in [0.15, 0.2) is 0 Å². The monoisotopic (exact) mass is 259 g/mol. The van der Waals surface area contributed by atoms with Crippen LogP contribution < -0.4 is 5.32 Å². The first-order valence-electron chi connectivity index (χ1n) is 6.29. The van der Waals surface area contributed by atoms with E-state index in [1.165, 1.54) is 0 Å². The number of amides is 1. The van der Waals surface area contributed by atoms with E-state index in [4.69, 9.17) is 9.53 Å². The zero-order chi connectivity index (χ0) is 13.3. The fourth-order valence-corrected chi connectivity index (χ4v) is 3.35. The topological polar surface area (TPSA) is 58.6 Å². The lowest BCUT2D eigenvalue weighted by Crippen LogP contribution is -2.43. The van der Waals surface area contributed by atoms with Gasteiger partial charge in [0.25, 0.3) is 0 Å². The van der Waals surface area contributed by atoms with Gasteiger partial charge in [0, 0.05) is 12.1 Å². The van der Waals surface area contributed by atoms with Gasteiger partial charge < -0.3 is 14.8 Å². The summed E-state index contributed by atoms with van der Waals surface area (Å²) in [5.74, 6) is 0. The van der Waals surface area contributed by atoms with Crippen LogP contribution in [-0.4, -0.2) is 31.7 Å². The maximum atomic E-state index is 10.6. The molecule has 1 amide bonds. The summed E-state index contributed by atoms with van der Waals surface area (Å²) >= 11 is 0. The van der Waals surface area contributed by atoms with E-state index in [2.05, 4.69) is 39.2 Å². The van der Waals surface area contributed by atoms with Crippen molar-refractivity contribution in [3.8, 4) is 0 Å². The minimum atomic E-state index is -1.71. The molecular weight excluding hydrogens is 234 g/mol. The summed E-state index contributed by atoms with van der Waals surface area (Å²) in [5.41, 5.74) is 0. The zero-order valence-electron chi connectivity index (χ0n) is 11.5. The van der Waals surface area contributed by atoms with Crippen LogP contribution in [0.25, 0.3) is 0 Å². The molecule has 0 heterocycles. The van der Waals surface area contributed by atoms with Gasteiger partial charge in [0.15, 0.2) is 8.32 Å². The van der Waals surface area contributed by atoms with Gasteiger partial charge in [-0.05, 0) is 37.4 Å². The fraction of sp³-hybridized carbons (Fsp3) is 0.917. The van der Waals surface area contributed by atoms with E-state index in [1.807, 2.05) is 0 Å². The SMILES string of the molecule is CC(C)(C)[Si](C)(C)O[C@@H]1CC[C@@H](NC(=O)O)C1. The number of nitrogens with one attached hydrogen (secondary N) is 1. The molecule has 1 aliphatic carbocycles. The van der Waals surface area contributed by atoms with Crippen molar-refractivity contribution in [3.63, 3.8) is 0 Å². The highest BCUT2D eigenvalue weighted by atomic mass is 28.4. The van der Waals surface area contributed by atoms with Gasteiger partial charge in [-0.15, -0.1) is 0 Å². The molecule has 1 fully saturated rings. The molecule has 0 aromatic carbocycles. The molecular formula is C12H25NO3Si. The first-order valence-corrected chi connectivity index (χ1v) is 9.20. The first-order chi connectivity index (χ1) is 7.62. The third-order valence-corrected chi connectivity index (χ3v) is 8.51. The highest BCUT2D eigenvalue weighted by Crippen LogP contribution is 2.39. The van der Waals surface area contributed by atoms with E-state index in [9.17, 15) is 4.79 Å². The van der Waals surface area contributed by atoms with Gasteiger partial charge in [0.1, 0.15) is 0 Å². The van der Waals surface area contributed by atoms with Crippen molar-refractivity contribution in [2.24, 2.45) is 0 Å².